The van der Waals surface area contributed by atoms with Gasteiger partial charge in [0.1, 0.15) is 12.2 Å². The molecule has 3 aromatic carbocycles. The molecule has 0 amide bonds. The van der Waals surface area contributed by atoms with E-state index < -0.39 is 0 Å². The van der Waals surface area contributed by atoms with E-state index in [1.165, 1.54) is 16.8 Å². The molecule has 0 atom stereocenters. The molecule has 33 heavy (non-hydrogen) atoms. The molecule has 0 saturated heterocycles. The molecule has 0 aliphatic rings. The molecule has 166 valence electrons. The standard InChI is InChI=1S/C28H29N5/c1-18(2)23-12-9-13-24(19(3)4)27(23)32-17-29-31-28(32)21-14-15-26-25(16-21)30-20(5)33(26)22-10-7-6-8-11-22/h6-19H,1-5H3. The summed E-state index contributed by atoms with van der Waals surface area (Å²) < 4.78 is 4.33. The average Bonchev–Trinajstić information content (AvgIpc) is 3.42. The topological polar surface area (TPSA) is 48.5 Å². The highest BCUT2D eigenvalue weighted by molar-refractivity contribution is 5.83. The highest BCUT2D eigenvalue weighted by Crippen LogP contribution is 2.34. The molecule has 0 saturated carbocycles. The molecule has 5 heteroatoms. The molecule has 0 bridgehead atoms. The van der Waals surface area contributed by atoms with Crippen molar-refractivity contribution in [2.75, 3.05) is 0 Å². The fraction of sp³-hybridized carbons (Fsp3) is 0.250. The van der Waals surface area contributed by atoms with Gasteiger partial charge >= 0.3 is 0 Å². The molecular weight excluding hydrogens is 406 g/mol. The van der Waals surface area contributed by atoms with Crippen molar-refractivity contribution < 1.29 is 0 Å². The molecule has 5 rings (SSSR count). The predicted molar refractivity (Wildman–Crippen MR) is 134 cm³/mol. The Morgan fingerprint density at radius 3 is 2.15 bits per heavy atom. The maximum absolute atomic E-state index is 4.86. The van der Waals surface area contributed by atoms with Gasteiger partial charge < -0.3 is 0 Å². The average molecular weight is 436 g/mol. The van der Waals surface area contributed by atoms with Crippen LogP contribution in [0.4, 0.5) is 0 Å². The molecule has 5 nitrogen and oxygen atoms in total. The minimum atomic E-state index is 0.389. The molecule has 2 aromatic heterocycles. The zero-order valence-corrected chi connectivity index (χ0v) is 19.8. The van der Waals surface area contributed by atoms with Crippen LogP contribution in [0.3, 0.4) is 0 Å². The smallest absolute Gasteiger partial charge is 0.168 e. The highest BCUT2D eigenvalue weighted by atomic mass is 15.3. The van der Waals surface area contributed by atoms with E-state index >= 15 is 0 Å². The third-order valence-corrected chi connectivity index (χ3v) is 6.23. The summed E-state index contributed by atoms with van der Waals surface area (Å²) in [6.07, 6.45) is 1.83. The van der Waals surface area contributed by atoms with Gasteiger partial charge in [0.25, 0.3) is 0 Å². The first kappa shape index (κ1) is 21.1. The van der Waals surface area contributed by atoms with Gasteiger partial charge in [-0.25, -0.2) is 4.98 Å². The molecule has 5 aromatic rings. The normalized spacial score (nSPS) is 11.7. The summed E-state index contributed by atoms with van der Waals surface area (Å²) in [4.78, 5) is 4.86. The van der Waals surface area contributed by atoms with Crippen LogP contribution >= 0.6 is 0 Å². The maximum Gasteiger partial charge on any atom is 0.168 e. The second-order valence-corrected chi connectivity index (χ2v) is 9.15. The van der Waals surface area contributed by atoms with Crippen molar-refractivity contribution in [1.29, 1.82) is 0 Å². The summed E-state index contributed by atoms with van der Waals surface area (Å²) in [6, 6.07) is 23.3. The number of aromatic nitrogens is 5. The van der Waals surface area contributed by atoms with Gasteiger partial charge in [0.2, 0.25) is 0 Å². The maximum atomic E-state index is 4.86. The van der Waals surface area contributed by atoms with E-state index in [9.17, 15) is 0 Å². The molecule has 0 aliphatic carbocycles. The summed E-state index contributed by atoms with van der Waals surface area (Å²) in [6.45, 7) is 11.0. The van der Waals surface area contributed by atoms with Crippen LogP contribution in [0.15, 0.2) is 73.1 Å². The predicted octanol–water partition coefficient (Wildman–Crippen LogP) is 6.83. The van der Waals surface area contributed by atoms with Crippen molar-refractivity contribution >= 4 is 11.0 Å². The zero-order chi connectivity index (χ0) is 23.1. The van der Waals surface area contributed by atoms with Gasteiger partial charge in [-0.3, -0.25) is 9.13 Å². The summed E-state index contributed by atoms with van der Waals surface area (Å²) >= 11 is 0. The lowest BCUT2D eigenvalue weighted by molar-refractivity contribution is 0.806. The Balaban J connectivity index is 1.68. The number of para-hydroxylation sites is 2. The lowest BCUT2D eigenvalue weighted by atomic mass is 9.92. The van der Waals surface area contributed by atoms with Crippen LogP contribution in [0.5, 0.6) is 0 Å². The third-order valence-electron chi connectivity index (χ3n) is 6.23. The van der Waals surface area contributed by atoms with Crippen LogP contribution in [0.25, 0.3) is 33.8 Å². The number of imidazole rings is 1. The van der Waals surface area contributed by atoms with Gasteiger partial charge in [0.05, 0.1) is 16.7 Å². The van der Waals surface area contributed by atoms with Crippen molar-refractivity contribution in [3.8, 4) is 22.8 Å². The second-order valence-electron chi connectivity index (χ2n) is 9.15. The van der Waals surface area contributed by atoms with Gasteiger partial charge in [-0.15, -0.1) is 10.2 Å². The van der Waals surface area contributed by atoms with Crippen molar-refractivity contribution in [2.24, 2.45) is 0 Å². The van der Waals surface area contributed by atoms with Crippen LogP contribution < -0.4 is 0 Å². The van der Waals surface area contributed by atoms with Crippen LogP contribution in [-0.4, -0.2) is 24.3 Å². The van der Waals surface area contributed by atoms with Crippen LogP contribution in [-0.2, 0) is 0 Å². The van der Waals surface area contributed by atoms with Crippen LogP contribution in [0, 0.1) is 6.92 Å². The number of rotatable bonds is 5. The lowest BCUT2D eigenvalue weighted by Crippen LogP contribution is -2.07. The molecule has 0 radical (unpaired) electrons. The third kappa shape index (κ3) is 3.63. The zero-order valence-electron chi connectivity index (χ0n) is 19.8. The largest absolute Gasteiger partial charge is 0.297 e. The van der Waals surface area contributed by atoms with Gasteiger partial charge in [-0.1, -0.05) is 64.1 Å². The monoisotopic (exact) mass is 435 g/mol. The first-order chi connectivity index (χ1) is 16.0. The Labute approximate surface area is 194 Å². The summed E-state index contributed by atoms with van der Waals surface area (Å²) in [5, 5.41) is 8.85. The summed E-state index contributed by atoms with van der Waals surface area (Å²) in [5.41, 5.74) is 7.93. The highest BCUT2D eigenvalue weighted by Gasteiger charge is 2.20. The van der Waals surface area contributed by atoms with Crippen molar-refractivity contribution in [2.45, 2.75) is 46.5 Å². The Hall–Kier alpha value is -3.73. The van der Waals surface area contributed by atoms with Crippen molar-refractivity contribution in [1.82, 2.24) is 24.3 Å². The van der Waals surface area contributed by atoms with Gasteiger partial charge in [-0.2, -0.15) is 0 Å². The first-order valence-corrected chi connectivity index (χ1v) is 11.5. The lowest BCUT2D eigenvalue weighted by Gasteiger charge is -2.21. The Kier molecular flexibility index (Phi) is 5.33. The number of hydrogen-bond acceptors (Lipinski definition) is 3. The van der Waals surface area contributed by atoms with Crippen LogP contribution in [0.1, 0.15) is 56.5 Å². The summed E-state index contributed by atoms with van der Waals surface area (Å²) in [7, 11) is 0. The van der Waals surface area contributed by atoms with Crippen molar-refractivity contribution in [3.63, 3.8) is 0 Å². The van der Waals surface area contributed by atoms with Crippen LogP contribution in [0.2, 0.25) is 0 Å². The molecule has 0 fully saturated rings. The number of benzene rings is 3. The number of nitrogens with zero attached hydrogens (tertiary/aromatic N) is 5. The van der Waals surface area contributed by atoms with Gasteiger partial charge in [0.15, 0.2) is 5.82 Å². The Morgan fingerprint density at radius 2 is 1.48 bits per heavy atom. The van der Waals surface area contributed by atoms with E-state index in [2.05, 4.69) is 108 Å². The minimum Gasteiger partial charge on any atom is -0.297 e. The molecular formula is C28H29N5. The van der Waals surface area contributed by atoms with E-state index in [4.69, 9.17) is 4.98 Å². The van der Waals surface area contributed by atoms with Gasteiger partial charge in [-0.05, 0) is 60.2 Å². The first-order valence-electron chi connectivity index (χ1n) is 11.5. The fourth-order valence-electron chi connectivity index (χ4n) is 4.63. The fourth-order valence-corrected chi connectivity index (χ4v) is 4.63. The van der Waals surface area contributed by atoms with E-state index in [1.54, 1.807) is 0 Å². The van der Waals surface area contributed by atoms with E-state index in [0.717, 1.165) is 33.9 Å². The molecule has 0 unspecified atom stereocenters. The van der Waals surface area contributed by atoms with Gasteiger partial charge in [0, 0.05) is 11.3 Å². The van der Waals surface area contributed by atoms with E-state index in [-0.39, 0.29) is 0 Å². The quantitative estimate of drug-likeness (QED) is 0.304. The number of aryl methyl sites for hydroxylation is 1. The molecule has 0 aliphatic heterocycles. The van der Waals surface area contributed by atoms with E-state index in [0.29, 0.717) is 11.8 Å². The molecule has 0 spiro atoms. The second kappa shape index (κ2) is 8.32. The Bertz CT molecular complexity index is 1400. The minimum absolute atomic E-state index is 0.389. The summed E-state index contributed by atoms with van der Waals surface area (Å²) in [5.74, 6) is 2.57. The number of fused-ring (bicyclic) bond motifs is 1. The molecule has 2 heterocycles. The number of hydrogen-bond donors (Lipinski definition) is 0. The van der Waals surface area contributed by atoms with E-state index in [1.807, 2.05) is 19.3 Å². The molecule has 0 N–H and O–H groups in total. The SMILES string of the molecule is Cc1nc2cc(-c3nncn3-c3c(C(C)C)cccc3C(C)C)ccc2n1-c1ccccc1. The Morgan fingerprint density at radius 1 is 0.788 bits per heavy atom. The van der Waals surface area contributed by atoms with Crippen molar-refractivity contribution in [3.05, 3.63) is 90.0 Å².